The average molecular weight is 347 g/mol. The van der Waals surface area contributed by atoms with Gasteiger partial charge in [-0.15, -0.1) is 11.8 Å². The van der Waals surface area contributed by atoms with Crippen LogP contribution >= 0.6 is 27.7 Å². The summed E-state index contributed by atoms with van der Waals surface area (Å²) in [5, 5.41) is 0. The van der Waals surface area contributed by atoms with Gasteiger partial charge in [0.1, 0.15) is 4.08 Å². The van der Waals surface area contributed by atoms with E-state index in [0.29, 0.717) is 0 Å². The third kappa shape index (κ3) is 2.44. The highest BCUT2D eigenvalue weighted by Crippen LogP contribution is 2.55. The quantitative estimate of drug-likeness (QED) is 0.742. The minimum atomic E-state index is -0.816. The smallest absolute Gasteiger partial charge is 0.121 e. The van der Waals surface area contributed by atoms with E-state index in [-0.39, 0.29) is 9.49 Å². The van der Waals surface area contributed by atoms with Crippen molar-refractivity contribution in [1.82, 2.24) is 0 Å². The highest BCUT2D eigenvalue weighted by molar-refractivity contribution is 9.10. The Morgan fingerprint density at radius 3 is 2.39 bits per heavy atom. The van der Waals surface area contributed by atoms with Crippen LogP contribution in [0, 0.1) is 5.41 Å². The molecule has 1 aliphatic heterocycles. The lowest BCUT2D eigenvalue weighted by atomic mass is 9.86. The van der Waals surface area contributed by atoms with Crippen LogP contribution in [0.15, 0.2) is 28.7 Å². The summed E-state index contributed by atoms with van der Waals surface area (Å²) in [4.78, 5) is 0. The van der Waals surface area contributed by atoms with Crippen LogP contribution in [0.4, 0.5) is 0 Å². The zero-order valence-corrected chi connectivity index (χ0v) is 14.3. The minimum Gasteiger partial charge on any atom is -0.258 e. The van der Waals surface area contributed by atoms with E-state index >= 15 is 0 Å². The predicted octanol–water partition coefficient (Wildman–Crippen LogP) is 4.53. The fourth-order valence-electron chi connectivity index (χ4n) is 2.49. The van der Waals surface area contributed by atoms with Gasteiger partial charge in [-0.05, 0) is 35.3 Å². The maximum Gasteiger partial charge on any atom is 0.121 e. The molecular formula is C14H19BrOS2. The predicted molar refractivity (Wildman–Crippen MR) is 85.4 cm³/mol. The van der Waals surface area contributed by atoms with Crippen LogP contribution in [0.5, 0.6) is 0 Å². The van der Waals surface area contributed by atoms with Crippen LogP contribution in [-0.2, 0) is 14.9 Å². The van der Waals surface area contributed by atoms with Crippen molar-refractivity contribution in [2.75, 3.05) is 11.5 Å². The van der Waals surface area contributed by atoms with E-state index in [1.54, 1.807) is 0 Å². The van der Waals surface area contributed by atoms with E-state index in [4.69, 9.17) is 0 Å². The van der Waals surface area contributed by atoms with Crippen LogP contribution in [-0.4, -0.2) is 15.7 Å². The molecule has 0 bridgehead atoms. The zero-order chi connectivity index (χ0) is 13.4. The monoisotopic (exact) mass is 346 g/mol. The van der Waals surface area contributed by atoms with Gasteiger partial charge in [-0.25, -0.2) is 0 Å². The lowest BCUT2D eigenvalue weighted by Crippen LogP contribution is -2.44. The second kappa shape index (κ2) is 5.29. The molecule has 1 nitrogen and oxygen atoms in total. The molecule has 18 heavy (non-hydrogen) atoms. The first-order chi connectivity index (χ1) is 8.38. The van der Waals surface area contributed by atoms with E-state index in [0.717, 1.165) is 22.4 Å². The van der Waals surface area contributed by atoms with Crippen molar-refractivity contribution in [3.8, 4) is 0 Å². The Hall–Kier alpha value is 0.200. The summed E-state index contributed by atoms with van der Waals surface area (Å²) in [6.07, 6.45) is 1.06. The molecule has 1 fully saturated rings. The molecule has 2 rings (SSSR count). The number of benzene rings is 1. The van der Waals surface area contributed by atoms with E-state index < -0.39 is 10.8 Å². The largest absolute Gasteiger partial charge is 0.258 e. The van der Waals surface area contributed by atoms with Crippen molar-refractivity contribution < 1.29 is 4.21 Å². The van der Waals surface area contributed by atoms with Crippen LogP contribution < -0.4 is 0 Å². The molecule has 0 amide bonds. The molecule has 1 aliphatic rings. The Bertz CT molecular complexity index is 450. The molecule has 0 N–H and O–H groups in total. The number of halogens is 1. The molecule has 0 aliphatic carbocycles. The summed E-state index contributed by atoms with van der Waals surface area (Å²) in [6, 6.07) is 8.33. The number of rotatable bonds is 1. The van der Waals surface area contributed by atoms with E-state index in [2.05, 4.69) is 61.0 Å². The van der Waals surface area contributed by atoms with Gasteiger partial charge in [0.25, 0.3) is 0 Å². The molecule has 1 aromatic rings. The van der Waals surface area contributed by atoms with Crippen LogP contribution in [0.25, 0.3) is 0 Å². The van der Waals surface area contributed by atoms with Gasteiger partial charge in [-0.1, -0.05) is 48.8 Å². The number of hydrogen-bond donors (Lipinski definition) is 0. The summed E-state index contributed by atoms with van der Waals surface area (Å²) in [6.45, 7) is 6.60. The summed E-state index contributed by atoms with van der Waals surface area (Å²) in [5.41, 5.74) is 1.18. The summed E-state index contributed by atoms with van der Waals surface area (Å²) in [5.74, 6) is 1.92. The van der Waals surface area contributed by atoms with Crippen LogP contribution in [0.1, 0.15) is 32.8 Å². The number of thioether (sulfide) groups is 1. The van der Waals surface area contributed by atoms with Crippen molar-refractivity contribution in [2.24, 2.45) is 5.41 Å². The molecule has 2 atom stereocenters. The van der Waals surface area contributed by atoms with Crippen molar-refractivity contribution >= 4 is 38.5 Å². The van der Waals surface area contributed by atoms with Crippen molar-refractivity contribution in [3.63, 3.8) is 0 Å². The van der Waals surface area contributed by atoms with Crippen molar-refractivity contribution in [1.29, 1.82) is 0 Å². The Labute approximate surface area is 125 Å². The average Bonchev–Trinajstić information content (AvgIpc) is 2.29. The van der Waals surface area contributed by atoms with Crippen LogP contribution in [0.3, 0.4) is 0 Å². The summed E-state index contributed by atoms with van der Waals surface area (Å²) >= 11 is 5.34. The molecule has 0 aromatic heterocycles. The maximum atomic E-state index is 12.7. The molecule has 1 saturated heterocycles. The lowest BCUT2D eigenvalue weighted by molar-refractivity contribution is 0.363. The topological polar surface area (TPSA) is 17.1 Å². The van der Waals surface area contributed by atoms with Gasteiger partial charge < -0.3 is 0 Å². The number of hydrogen-bond acceptors (Lipinski definition) is 2. The van der Waals surface area contributed by atoms with Gasteiger partial charge in [0.2, 0.25) is 0 Å². The first kappa shape index (κ1) is 14.6. The van der Waals surface area contributed by atoms with Gasteiger partial charge >= 0.3 is 0 Å². The molecular weight excluding hydrogens is 328 g/mol. The van der Waals surface area contributed by atoms with Crippen LogP contribution in [0.2, 0.25) is 0 Å². The molecule has 0 spiro atoms. The standard InChI is InChI=1S/C14H19BrOS2/c1-13(2,3)14(17-9-4-10-18(14)16)11-5-7-12(15)8-6-11/h5-8H,4,9-10H2,1-3H3. The fourth-order valence-corrected chi connectivity index (χ4v) is 7.05. The minimum absolute atomic E-state index is 0.0171. The molecule has 100 valence electrons. The second-order valence-corrected chi connectivity index (χ2v) is 9.82. The Morgan fingerprint density at radius 1 is 1.28 bits per heavy atom. The maximum absolute atomic E-state index is 12.7. The van der Waals surface area contributed by atoms with Crippen molar-refractivity contribution in [3.05, 3.63) is 34.3 Å². The molecule has 0 saturated carbocycles. The highest BCUT2D eigenvalue weighted by Gasteiger charge is 2.50. The SMILES string of the molecule is CC(C)(C)C1(c2ccc(Br)cc2)SCCCS1=O. The van der Waals surface area contributed by atoms with Gasteiger partial charge in [-0.3, -0.25) is 4.21 Å². The Morgan fingerprint density at radius 2 is 1.89 bits per heavy atom. The van der Waals surface area contributed by atoms with Gasteiger partial charge in [0.05, 0.1) is 0 Å². The highest BCUT2D eigenvalue weighted by atomic mass is 79.9. The van der Waals surface area contributed by atoms with Gasteiger partial charge in [-0.2, -0.15) is 0 Å². The first-order valence-electron chi connectivity index (χ1n) is 6.16. The Kier molecular flexibility index (Phi) is 4.30. The third-order valence-corrected chi connectivity index (χ3v) is 8.65. The van der Waals surface area contributed by atoms with Gasteiger partial charge in [0.15, 0.2) is 0 Å². The second-order valence-electron chi connectivity index (χ2n) is 5.63. The fraction of sp³-hybridized carbons (Fsp3) is 0.571. The molecule has 1 aromatic carbocycles. The normalized spacial score (nSPS) is 29.2. The van der Waals surface area contributed by atoms with E-state index in [9.17, 15) is 4.21 Å². The lowest BCUT2D eigenvalue weighted by Gasteiger charge is -2.46. The van der Waals surface area contributed by atoms with E-state index in [1.807, 2.05) is 11.8 Å². The first-order valence-corrected chi connectivity index (χ1v) is 9.26. The third-order valence-electron chi connectivity index (χ3n) is 3.31. The summed E-state index contributed by atoms with van der Waals surface area (Å²) in [7, 11) is -0.816. The molecule has 1 heterocycles. The molecule has 0 radical (unpaired) electrons. The molecule has 2 unspecified atom stereocenters. The zero-order valence-electron chi connectivity index (χ0n) is 11.0. The van der Waals surface area contributed by atoms with Gasteiger partial charge in [0, 0.05) is 21.0 Å². The van der Waals surface area contributed by atoms with Crippen molar-refractivity contribution in [2.45, 2.75) is 31.3 Å². The molecule has 4 heteroatoms. The van der Waals surface area contributed by atoms with E-state index in [1.165, 1.54) is 5.56 Å². The summed E-state index contributed by atoms with van der Waals surface area (Å²) < 4.78 is 13.5. The Balaban J connectivity index is 2.55.